The van der Waals surface area contributed by atoms with E-state index in [0.717, 1.165) is 18.2 Å². The van der Waals surface area contributed by atoms with Crippen molar-refractivity contribution >= 4 is 16.8 Å². The Labute approximate surface area is 119 Å². The van der Waals surface area contributed by atoms with Crippen LogP contribution >= 0.6 is 0 Å². The molecule has 0 amide bonds. The summed E-state index contributed by atoms with van der Waals surface area (Å²) in [5.41, 5.74) is 0.160. The van der Waals surface area contributed by atoms with Crippen LogP contribution < -0.4 is 4.74 Å². The molecule has 1 heterocycles. The summed E-state index contributed by atoms with van der Waals surface area (Å²) in [5, 5.41) is 0.882. The zero-order valence-corrected chi connectivity index (χ0v) is 12.2. The molecule has 1 aromatic carbocycles. The van der Waals surface area contributed by atoms with E-state index in [1.54, 1.807) is 13.2 Å². The first-order chi connectivity index (χ1) is 9.49. The monoisotopic (exact) mass is 272 g/mol. The van der Waals surface area contributed by atoms with Gasteiger partial charge < -0.3 is 9.15 Å². The molecule has 3 heteroatoms. The van der Waals surface area contributed by atoms with Gasteiger partial charge in [0.2, 0.25) is 5.78 Å². The minimum atomic E-state index is -0.463. The van der Waals surface area contributed by atoms with Crippen LogP contribution in [-0.2, 0) is 0 Å². The summed E-state index contributed by atoms with van der Waals surface area (Å²) in [7, 11) is 1.59. The largest absolute Gasteiger partial charge is 0.493 e. The van der Waals surface area contributed by atoms with Crippen molar-refractivity contribution in [1.82, 2.24) is 0 Å². The van der Waals surface area contributed by atoms with Gasteiger partial charge in [-0.2, -0.15) is 0 Å². The Bertz CT molecular complexity index is 635. The van der Waals surface area contributed by atoms with Crippen molar-refractivity contribution in [1.29, 1.82) is 0 Å². The van der Waals surface area contributed by atoms with Gasteiger partial charge in [-0.15, -0.1) is 6.58 Å². The van der Waals surface area contributed by atoms with Crippen LogP contribution in [0.4, 0.5) is 0 Å². The van der Waals surface area contributed by atoms with Gasteiger partial charge >= 0.3 is 0 Å². The minimum Gasteiger partial charge on any atom is -0.493 e. The van der Waals surface area contributed by atoms with Crippen LogP contribution in [0.1, 0.15) is 37.2 Å². The van der Waals surface area contributed by atoms with Crippen molar-refractivity contribution in [2.75, 3.05) is 7.11 Å². The number of hydrogen-bond donors (Lipinski definition) is 0. The third kappa shape index (κ3) is 2.62. The van der Waals surface area contributed by atoms with Crippen LogP contribution in [-0.4, -0.2) is 12.9 Å². The summed E-state index contributed by atoms with van der Waals surface area (Å²) >= 11 is 0. The van der Waals surface area contributed by atoms with Crippen LogP contribution in [0.25, 0.3) is 11.0 Å². The van der Waals surface area contributed by atoms with Crippen molar-refractivity contribution in [3.8, 4) is 5.75 Å². The fourth-order valence-electron chi connectivity index (χ4n) is 2.22. The number of furan rings is 1. The molecule has 2 aromatic rings. The number of benzene rings is 1. The summed E-state index contributed by atoms with van der Waals surface area (Å²) in [5.74, 6) is 1.04. The highest BCUT2D eigenvalue weighted by molar-refractivity contribution is 6.01. The Morgan fingerprint density at radius 2 is 2.20 bits per heavy atom. The van der Waals surface area contributed by atoms with Crippen LogP contribution in [0.5, 0.6) is 5.75 Å². The summed E-state index contributed by atoms with van der Waals surface area (Å²) in [6, 6.07) is 7.40. The molecule has 0 saturated carbocycles. The summed E-state index contributed by atoms with van der Waals surface area (Å²) in [6.45, 7) is 7.57. The maximum absolute atomic E-state index is 12.6. The van der Waals surface area contributed by atoms with Crippen molar-refractivity contribution in [2.45, 2.75) is 26.7 Å². The molecular formula is C17H20O3. The van der Waals surface area contributed by atoms with Gasteiger partial charge in [0, 0.05) is 10.8 Å². The van der Waals surface area contributed by atoms with Gasteiger partial charge in [0.25, 0.3) is 0 Å². The lowest BCUT2D eigenvalue weighted by Crippen LogP contribution is -2.23. The molecule has 20 heavy (non-hydrogen) atoms. The summed E-state index contributed by atoms with van der Waals surface area (Å²) < 4.78 is 11.0. The Balaban J connectivity index is 2.38. The quantitative estimate of drug-likeness (QED) is 0.569. The minimum absolute atomic E-state index is 0.0117. The van der Waals surface area contributed by atoms with E-state index >= 15 is 0 Å². The smallest absolute Gasteiger partial charge is 0.203 e. The topological polar surface area (TPSA) is 39.4 Å². The molecule has 2 rings (SSSR count). The Kier molecular flexibility index (Phi) is 3.98. The molecule has 1 aromatic heterocycles. The fourth-order valence-corrected chi connectivity index (χ4v) is 2.22. The van der Waals surface area contributed by atoms with Crippen LogP contribution in [0.15, 0.2) is 41.3 Å². The zero-order valence-electron chi connectivity index (χ0n) is 12.2. The predicted octanol–water partition coefficient (Wildman–Crippen LogP) is 4.62. The first kappa shape index (κ1) is 14.4. The molecule has 0 radical (unpaired) electrons. The lowest BCUT2D eigenvalue weighted by atomic mass is 9.82. The number of para-hydroxylation sites is 1. The Morgan fingerprint density at radius 1 is 1.45 bits per heavy atom. The SMILES string of the molecule is C=CCCC(C)(C)C(=O)c1cc2cccc(OC)c2o1. The molecule has 0 aliphatic rings. The number of ketones is 1. The highest BCUT2D eigenvalue weighted by atomic mass is 16.5. The first-order valence-electron chi connectivity index (χ1n) is 6.72. The molecule has 106 valence electrons. The maximum atomic E-state index is 12.6. The van der Waals surface area contributed by atoms with Gasteiger partial charge in [-0.3, -0.25) is 4.79 Å². The molecule has 0 fully saturated rings. The lowest BCUT2D eigenvalue weighted by Gasteiger charge is -2.20. The number of rotatable bonds is 6. The van der Waals surface area contributed by atoms with Gasteiger partial charge in [-0.05, 0) is 25.0 Å². The Hall–Kier alpha value is -2.03. The third-order valence-electron chi connectivity index (χ3n) is 3.54. The number of Topliss-reactive ketones (excluding diaryl/α,β-unsaturated/α-hetero) is 1. The average Bonchev–Trinajstić information content (AvgIpc) is 2.87. The van der Waals surface area contributed by atoms with Gasteiger partial charge in [0.1, 0.15) is 0 Å². The second-order valence-corrected chi connectivity index (χ2v) is 5.53. The van der Waals surface area contributed by atoms with Crippen molar-refractivity contribution < 1.29 is 13.9 Å². The number of carbonyl (C=O) groups excluding carboxylic acids is 1. The van der Waals surface area contributed by atoms with Gasteiger partial charge in [-0.25, -0.2) is 0 Å². The van der Waals surface area contributed by atoms with Gasteiger partial charge in [0.05, 0.1) is 7.11 Å². The van der Waals surface area contributed by atoms with E-state index < -0.39 is 5.41 Å². The van der Waals surface area contributed by atoms with Crippen molar-refractivity contribution in [3.63, 3.8) is 0 Å². The van der Waals surface area contributed by atoms with E-state index in [9.17, 15) is 4.79 Å². The molecule has 0 unspecified atom stereocenters. The van der Waals surface area contributed by atoms with E-state index in [0.29, 0.717) is 17.1 Å². The summed E-state index contributed by atoms with van der Waals surface area (Å²) in [4.78, 5) is 12.6. The van der Waals surface area contributed by atoms with E-state index in [2.05, 4.69) is 6.58 Å². The normalized spacial score (nSPS) is 11.6. The lowest BCUT2D eigenvalue weighted by molar-refractivity contribution is 0.0799. The molecular weight excluding hydrogens is 252 g/mol. The molecule has 0 bridgehead atoms. The van der Waals surface area contributed by atoms with E-state index in [4.69, 9.17) is 9.15 Å². The van der Waals surface area contributed by atoms with E-state index in [1.165, 1.54) is 0 Å². The number of allylic oxidation sites excluding steroid dienone is 1. The van der Waals surface area contributed by atoms with Crippen molar-refractivity contribution in [2.24, 2.45) is 5.41 Å². The van der Waals surface area contributed by atoms with Crippen molar-refractivity contribution in [3.05, 3.63) is 42.7 Å². The fraction of sp³-hybridized carbons (Fsp3) is 0.353. The highest BCUT2D eigenvalue weighted by Gasteiger charge is 2.30. The second-order valence-electron chi connectivity index (χ2n) is 5.53. The number of carbonyl (C=O) groups is 1. The number of fused-ring (bicyclic) bond motifs is 1. The third-order valence-corrected chi connectivity index (χ3v) is 3.54. The highest BCUT2D eigenvalue weighted by Crippen LogP contribution is 2.33. The molecule has 0 aliphatic heterocycles. The molecule has 3 nitrogen and oxygen atoms in total. The van der Waals surface area contributed by atoms with Gasteiger partial charge in [0.15, 0.2) is 17.1 Å². The number of methoxy groups -OCH3 is 1. The summed E-state index contributed by atoms with van der Waals surface area (Å²) in [6.07, 6.45) is 3.39. The molecule has 0 spiro atoms. The second kappa shape index (κ2) is 5.53. The Morgan fingerprint density at radius 3 is 2.85 bits per heavy atom. The first-order valence-corrected chi connectivity index (χ1v) is 6.72. The molecule has 0 N–H and O–H groups in total. The maximum Gasteiger partial charge on any atom is 0.203 e. The standard InChI is InChI=1S/C17H20O3/c1-5-6-10-17(2,3)16(18)14-11-12-8-7-9-13(19-4)15(12)20-14/h5,7-9,11H,1,6,10H2,2-4H3. The predicted molar refractivity (Wildman–Crippen MR) is 80.3 cm³/mol. The van der Waals surface area contributed by atoms with Crippen LogP contribution in [0.3, 0.4) is 0 Å². The number of hydrogen-bond acceptors (Lipinski definition) is 3. The van der Waals surface area contributed by atoms with E-state index in [-0.39, 0.29) is 5.78 Å². The van der Waals surface area contributed by atoms with Crippen LogP contribution in [0, 0.1) is 5.41 Å². The molecule has 0 saturated heterocycles. The molecule has 0 aliphatic carbocycles. The molecule has 0 atom stereocenters. The zero-order chi connectivity index (χ0) is 14.8. The average molecular weight is 272 g/mol. The van der Waals surface area contributed by atoms with E-state index in [1.807, 2.05) is 38.1 Å². The van der Waals surface area contributed by atoms with Gasteiger partial charge in [-0.1, -0.05) is 32.1 Å². The number of ether oxygens (including phenoxy) is 1. The van der Waals surface area contributed by atoms with Crippen LogP contribution in [0.2, 0.25) is 0 Å².